The zero-order valence-electron chi connectivity index (χ0n) is 11.9. The van der Waals surface area contributed by atoms with Crippen LogP contribution in [0.15, 0.2) is 11.1 Å². The predicted octanol–water partition coefficient (Wildman–Crippen LogP) is 3.65. The maximum atomic E-state index is 11.8. The van der Waals surface area contributed by atoms with Crippen molar-refractivity contribution in [2.24, 2.45) is 5.92 Å². The molecule has 0 saturated heterocycles. The molecule has 0 aliphatic heterocycles. The SMILES string of the molecule is CC(C)=C1CC[C@H](C)[C@H]1NC(=O)OC(C)(C)C. The van der Waals surface area contributed by atoms with Crippen LogP contribution in [0.25, 0.3) is 0 Å². The fourth-order valence-electron chi connectivity index (χ4n) is 2.27. The van der Waals surface area contributed by atoms with E-state index in [4.69, 9.17) is 4.74 Å². The number of carbonyl (C=O) groups is 1. The van der Waals surface area contributed by atoms with E-state index in [1.165, 1.54) is 11.1 Å². The van der Waals surface area contributed by atoms with E-state index in [1.807, 2.05) is 20.8 Å². The molecule has 3 nitrogen and oxygen atoms in total. The lowest BCUT2D eigenvalue weighted by Crippen LogP contribution is -2.41. The number of allylic oxidation sites excluding steroid dienone is 1. The molecule has 3 heteroatoms. The van der Waals surface area contributed by atoms with Gasteiger partial charge in [0.05, 0.1) is 6.04 Å². The molecule has 98 valence electrons. The summed E-state index contributed by atoms with van der Waals surface area (Å²) in [6.45, 7) is 12.0. The Bertz CT molecular complexity index is 322. The second kappa shape index (κ2) is 5.11. The third-order valence-electron chi connectivity index (χ3n) is 3.13. The minimum Gasteiger partial charge on any atom is -0.444 e. The van der Waals surface area contributed by atoms with Crippen molar-refractivity contribution in [3.63, 3.8) is 0 Å². The van der Waals surface area contributed by atoms with Gasteiger partial charge in [0, 0.05) is 0 Å². The van der Waals surface area contributed by atoms with Crippen molar-refractivity contribution in [2.75, 3.05) is 0 Å². The first-order chi connectivity index (χ1) is 7.70. The van der Waals surface area contributed by atoms with Gasteiger partial charge in [0.15, 0.2) is 0 Å². The van der Waals surface area contributed by atoms with Crippen molar-refractivity contribution in [3.8, 4) is 0 Å². The summed E-state index contributed by atoms with van der Waals surface area (Å²) in [5.41, 5.74) is 2.25. The van der Waals surface area contributed by atoms with E-state index in [9.17, 15) is 4.79 Å². The van der Waals surface area contributed by atoms with Crippen molar-refractivity contribution in [3.05, 3.63) is 11.1 Å². The van der Waals surface area contributed by atoms with Crippen LogP contribution in [0.2, 0.25) is 0 Å². The summed E-state index contributed by atoms with van der Waals surface area (Å²) in [4.78, 5) is 11.8. The van der Waals surface area contributed by atoms with E-state index in [-0.39, 0.29) is 12.1 Å². The first-order valence-electron chi connectivity index (χ1n) is 6.36. The monoisotopic (exact) mass is 239 g/mol. The quantitative estimate of drug-likeness (QED) is 0.709. The summed E-state index contributed by atoms with van der Waals surface area (Å²) in [6.07, 6.45) is 1.92. The van der Waals surface area contributed by atoms with Crippen LogP contribution in [0.4, 0.5) is 4.79 Å². The minimum absolute atomic E-state index is 0.148. The Morgan fingerprint density at radius 2 is 1.94 bits per heavy atom. The van der Waals surface area contributed by atoms with Crippen molar-refractivity contribution < 1.29 is 9.53 Å². The molecule has 1 aliphatic rings. The lowest BCUT2D eigenvalue weighted by atomic mass is 10.0. The van der Waals surface area contributed by atoms with Gasteiger partial charge in [-0.1, -0.05) is 12.5 Å². The highest BCUT2D eigenvalue weighted by Crippen LogP contribution is 2.32. The van der Waals surface area contributed by atoms with E-state index < -0.39 is 5.60 Å². The Labute approximate surface area is 105 Å². The average Bonchev–Trinajstić information content (AvgIpc) is 2.44. The second-order valence-electron chi connectivity index (χ2n) is 6.17. The molecule has 0 spiro atoms. The molecule has 1 rings (SSSR count). The minimum atomic E-state index is -0.433. The maximum absolute atomic E-state index is 11.8. The molecule has 1 aliphatic carbocycles. The van der Waals surface area contributed by atoms with Gasteiger partial charge in [0.2, 0.25) is 0 Å². The van der Waals surface area contributed by atoms with Gasteiger partial charge in [-0.15, -0.1) is 0 Å². The van der Waals surface area contributed by atoms with E-state index in [2.05, 4.69) is 26.1 Å². The van der Waals surface area contributed by atoms with Crippen LogP contribution < -0.4 is 5.32 Å². The van der Waals surface area contributed by atoms with Crippen LogP contribution in [0, 0.1) is 5.92 Å². The Kier molecular flexibility index (Phi) is 4.23. The predicted molar refractivity (Wildman–Crippen MR) is 69.9 cm³/mol. The summed E-state index contributed by atoms with van der Waals surface area (Å²) in [5, 5.41) is 3.00. The molecule has 1 amide bonds. The van der Waals surface area contributed by atoms with Gasteiger partial charge in [-0.25, -0.2) is 4.79 Å². The molecule has 0 aromatic heterocycles. The molecule has 0 aromatic carbocycles. The number of carbonyl (C=O) groups excluding carboxylic acids is 1. The number of hydrogen-bond donors (Lipinski definition) is 1. The average molecular weight is 239 g/mol. The molecule has 0 bridgehead atoms. The van der Waals surface area contributed by atoms with Gasteiger partial charge >= 0.3 is 6.09 Å². The highest BCUT2D eigenvalue weighted by molar-refractivity contribution is 5.69. The molecular weight excluding hydrogens is 214 g/mol. The van der Waals surface area contributed by atoms with Crippen LogP contribution in [0.1, 0.15) is 54.4 Å². The normalized spacial score (nSPS) is 24.7. The lowest BCUT2D eigenvalue weighted by Gasteiger charge is -2.24. The summed E-state index contributed by atoms with van der Waals surface area (Å²) in [5.74, 6) is 0.493. The zero-order valence-corrected chi connectivity index (χ0v) is 11.9. The van der Waals surface area contributed by atoms with Crippen molar-refractivity contribution >= 4 is 6.09 Å². The molecule has 0 aromatic rings. The van der Waals surface area contributed by atoms with Gasteiger partial charge in [-0.2, -0.15) is 0 Å². The summed E-state index contributed by atoms with van der Waals surface area (Å²) in [6, 6.07) is 0.148. The first kappa shape index (κ1) is 14.1. The molecular formula is C14H25NO2. The van der Waals surface area contributed by atoms with Gasteiger partial charge in [-0.3, -0.25) is 0 Å². The third-order valence-corrected chi connectivity index (χ3v) is 3.13. The smallest absolute Gasteiger partial charge is 0.408 e. The van der Waals surface area contributed by atoms with Crippen LogP contribution >= 0.6 is 0 Å². The van der Waals surface area contributed by atoms with Gasteiger partial charge in [0.1, 0.15) is 5.60 Å². The molecule has 1 fully saturated rings. The lowest BCUT2D eigenvalue weighted by molar-refractivity contribution is 0.0504. The summed E-state index contributed by atoms with van der Waals surface area (Å²) >= 11 is 0. The summed E-state index contributed by atoms with van der Waals surface area (Å²) in [7, 11) is 0. The number of ether oxygens (including phenoxy) is 1. The number of nitrogens with one attached hydrogen (secondary N) is 1. The molecule has 17 heavy (non-hydrogen) atoms. The number of rotatable bonds is 1. The van der Waals surface area contributed by atoms with Crippen molar-refractivity contribution in [1.82, 2.24) is 5.32 Å². The van der Waals surface area contributed by atoms with Gasteiger partial charge in [-0.05, 0) is 59.0 Å². The highest BCUT2D eigenvalue weighted by Gasteiger charge is 2.31. The Morgan fingerprint density at radius 3 is 2.41 bits per heavy atom. The molecule has 0 radical (unpaired) electrons. The van der Waals surface area contributed by atoms with Gasteiger partial charge < -0.3 is 10.1 Å². The molecule has 1 saturated carbocycles. The number of alkyl carbamates (subject to hydrolysis) is 1. The highest BCUT2D eigenvalue weighted by atomic mass is 16.6. The molecule has 0 unspecified atom stereocenters. The van der Waals surface area contributed by atoms with Crippen molar-refractivity contribution in [2.45, 2.75) is 66.0 Å². The Balaban J connectivity index is 2.67. The Morgan fingerprint density at radius 1 is 1.35 bits per heavy atom. The molecule has 1 N–H and O–H groups in total. The van der Waals surface area contributed by atoms with Crippen LogP contribution in [0.5, 0.6) is 0 Å². The van der Waals surface area contributed by atoms with E-state index in [0.717, 1.165) is 12.8 Å². The molecule has 0 heterocycles. The van der Waals surface area contributed by atoms with Crippen molar-refractivity contribution in [1.29, 1.82) is 0 Å². The fourth-order valence-corrected chi connectivity index (χ4v) is 2.27. The van der Waals surface area contributed by atoms with E-state index in [0.29, 0.717) is 5.92 Å². The second-order valence-corrected chi connectivity index (χ2v) is 6.17. The van der Waals surface area contributed by atoms with E-state index in [1.54, 1.807) is 0 Å². The third kappa shape index (κ3) is 4.06. The van der Waals surface area contributed by atoms with Crippen LogP contribution in [0.3, 0.4) is 0 Å². The van der Waals surface area contributed by atoms with Crippen LogP contribution in [-0.2, 0) is 4.74 Å². The first-order valence-corrected chi connectivity index (χ1v) is 6.36. The number of hydrogen-bond acceptors (Lipinski definition) is 2. The maximum Gasteiger partial charge on any atom is 0.408 e. The number of amides is 1. The van der Waals surface area contributed by atoms with Crippen LogP contribution in [-0.4, -0.2) is 17.7 Å². The topological polar surface area (TPSA) is 38.3 Å². The standard InChI is InChI=1S/C14H25NO2/c1-9(2)11-8-7-10(3)12(11)15-13(16)17-14(4,5)6/h10,12H,7-8H2,1-6H3,(H,15,16)/t10-,12+/m0/s1. The Hall–Kier alpha value is -0.990. The zero-order chi connectivity index (χ0) is 13.2. The van der Waals surface area contributed by atoms with E-state index >= 15 is 0 Å². The summed E-state index contributed by atoms with van der Waals surface area (Å²) < 4.78 is 5.30. The fraction of sp³-hybridized carbons (Fsp3) is 0.786. The largest absolute Gasteiger partial charge is 0.444 e. The molecule has 2 atom stereocenters. The van der Waals surface area contributed by atoms with Gasteiger partial charge in [0.25, 0.3) is 0 Å².